The Morgan fingerprint density at radius 3 is 2.47 bits per heavy atom. The fourth-order valence-electron chi connectivity index (χ4n) is 4.26. The Bertz CT molecular complexity index is 1240. The van der Waals surface area contributed by atoms with E-state index in [2.05, 4.69) is 10.3 Å². The number of nitrogens with one attached hydrogen (secondary N) is 1. The molecule has 194 valence electrons. The first-order valence-corrected chi connectivity index (χ1v) is 14.7. The Hall–Kier alpha value is -2.92. The summed E-state index contributed by atoms with van der Waals surface area (Å²) in [6, 6.07) is 5.09. The summed E-state index contributed by atoms with van der Waals surface area (Å²) in [6.45, 7) is 0.0169. The highest BCUT2D eigenvalue weighted by atomic mass is 32.2. The van der Waals surface area contributed by atoms with Crippen molar-refractivity contribution in [2.45, 2.75) is 51.4 Å². The van der Waals surface area contributed by atoms with Gasteiger partial charge in [0, 0.05) is 36.1 Å². The lowest BCUT2D eigenvalue weighted by Gasteiger charge is -2.14. The molecule has 1 fully saturated rings. The molecule has 1 amide bonds. The molecule has 1 aliphatic carbocycles. The number of rotatable bonds is 13. The van der Waals surface area contributed by atoms with Gasteiger partial charge in [-0.05, 0) is 30.0 Å². The predicted octanol–water partition coefficient (Wildman–Crippen LogP) is 2.20. The quantitative estimate of drug-likeness (QED) is 0.372. The third kappa shape index (κ3) is 8.63. The van der Waals surface area contributed by atoms with Gasteiger partial charge in [-0.15, -0.1) is 11.3 Å². The van der Waals surface area contributed by atoms with Crippen LogP contribution in [-0.2, 0) is 49.9 Å². The van der Waals surface area contributed by atoms with Gasteiger partial charge < -0.3 is 10.4 Å². The molecule has 0 radical (unpaired) electrons. The molecule has 0 saturated heterocycles. The molecule has 0 atom stereocenters. The van der Waals surface area contributed by atoms with Crippen molar-refractivity contribution in [3.8, 4) is 0 Å². The van der Waals surface area contributed by atoms with Crippen molar-refractivity contribution >= 4 is 44.6 Å². The van der Waals surface area contributed by atoms with Gasteiger partial charge >= 0.3 is 5.97 Å². The number of hydrogen-bond acceptors (Lipinski definition) is 8. The molecule has 0 unspecified atom stereocenters. The second-order valence-electron chi connectivity index (χ2n) is 9.19. The van der Waals surface area contributed by atoms with Crippen LogP contribution in [0, 0.1) is 5.92 Å². The number of carboxylic acid groups (broad SMARTS) is 1. The summed E-state index contributed by atoms with van der Waals surface area (Å²) in [5, 5.41) is 13.6. The molecule has 0 aliphatic heterocycles. The van der Waals surface area contributed by atoms with E-state index in [1.165, 1.54) is 11.3 Å². The van der Waals surface area contributed by atoms with Gasteiger partial charge in [0.15, 0.2) is 5.78 Å². The van der Waals surface area contributed by atoms with E-state index in [4.69, 9.17) is 5.11 Å². The molecule has 1 aromatic carbocycles. The highest BCUT2D eigenvalue weighted by molar-refractivity contribution is 7.90. The molecule has 0 spiro atoms. The number of carbonyl (C=O) groups excluding carboxylic acids is 3. The number of thiazole rings is 1. The summed E-state index contributed by atoms with van der Waals surface area (Å²) in [7, 11) is -3.19. The smallest absolute Gasteiger partial charge is 0.309 e. The van der Waals surface area contributed by atoms with Crippen molar-refractivity contribution in [3.63, 3.8) is 0 Å². The normalized spacial score (nSPS) is 14.0. The van der Waals surface area contributed by atoms with Gasteiger partial charge in [-0.2, -0.15) is 0 Å². The lowest BCUT2D eigenvalue weighted by atomic mass is 9.89. The van der Waals surface area contributed by atoms with Crippen LogP contribution in [0.5, 0.6) is 0 Å². The molecule has 0 bridgehead atoms. The monoisotopic (exact) mass is 534 g/mol. The number of carboxylic acids is 1. The van der Waals surface area contributed by atoms with Crippen molar-refractivity contribution in [3.05, 3.63) is 51.0 Å². The lowest BCUT2D eigenvalue weighted by Crippen LogP contribution is -2.30. The zero-order valence-electron chi connectivity index (χ0n) is 20.1. The Morgan fingerprint density at radius 2 is 1.81 bits per heavy atom. The maximum absolute atomic E-state index is 13.3. The zero-order valence-corrected chi connectivity index (χ0v) is 21.8. The Morgan fingerprint density at radius 1 is 1.08 bits per heavy atom. The van der Waals surface area contributed by atoms with Crippen LogP contribution in [-0.4, -0.2) is 60.5 Å². The number of aliphatic carboxylic acids is 1. The van der Waals surface area contributed by atoms with Crippen molar-refractivity contribution in [2.24, 2.45) is 5.92 Å². The van der Waals surface area contributed by atoms with Gasteiger partial charge in [-0.25, -0.2) is 13.4 Å². The van der Waals surface area contributed by atoms with E-state index in [1.807, 2.05) is 0 Å². The standard InChI is InChI=1S/C25H30N2O7S2/c1-36(33,34)9-8-26-22(29)11-16-6-7-18(21(10-16)25(32)17-4-2-3-5-17)12-20(28)14-23-27-19(15-35-23)13-24(30)31/h6-7,10,15,17H,2-5,8-9,11-14H2,1H3,(H,26,29)(H,30,31). The van der Waals surface area contributed by atoms with E-state index in [1.54, 1.807) is 23.6 Å². The van der Waals surface area contributed by atoms with E-state index in [9.17, 15) is 27.6 Å². The van der Waals surface area contributed by atoms with Crippen molar-refractivity contribution < 1.29 is 32.7 Å². The number of ketones is 2. The molecule has 2 N–H and O–H groups in total. The minimum Gasteiger partial charge on any atom is -0.481 e. The van der Waals surface area contributed by atoms with Crippen LogP contribution < -0.4 is 5.32 Å². The first-order chi connectivity index (χ1) is 17.0. The number of amides is 1. The molecule has 1 saturated carbocycles. The summed E-state index contributed by atoms with van der Waals surface area (Å²) in [5.74, 6) is -1.75. The minimum absolute atomic E-state index is 0.00555. The van der Waals surface area contributed by atoms with Gasteiger partial charge in [0.25, 0.3) is 0 Å². The average molecular weight is 535 g/mol. The van der Waals surface area contributed by atoms with Crippen molar-refractivity contribution in [2.75, 3.05) is 18.6 Å². The number of aromatic nitrogens is 1. The van der Waals surface area contributed by atoms with E-state index in [-0.39, 0.29) is 61.4 Å². The third-order valence-electron chi connectivity index (χ3n) is 5.99. The fraction of sp³-hybridized carbons (Fsp3) is 0.480. The molecule has 1 heterocycles. The number of nitrogens with zero attached hydrogens (tertiary/aromatic N) is 1. The Labute approximate surface area is 214 Å². The number of carbonyl (C=O) groups is 4. The lowest BCUT2D eigenvalue weighted by molar-refractivity contribution is -0.136. The predicted molar refractivity (Wildman–Crippen MR) is 135 cm³/mol. The molecule has 36 heavy (non-hydrogen) atoms. The summed E-state index contributed by atoms with van der Waals surface area (Å²) in [6.07, 6.45) is 4.54. The van der Waals surface area contributed by atoms with Gasteiger partial charge in [-0.1, -0.05) is 25.0 Å². The summed E-state index contributed by atoms with van der Waals surface area (Å²) in [5.41, 5.74) is 2.07. The van der Waals surface area contributed by atoms with Crippen LogP contribution in [0.1, 0.15) is 57.9 Å². The molecule has 9 nitrogen and oxygen atoms in total. The van der Waals surface area contributed by atoms with Gasteiger partial charge in [-0.3, -0.25) is 19.2 Å². The maximum Gasteiger partial charge on any atom is 0.309 e. The second kappa shape index (κ2) is 12.4. The fourth-order valence-corrected chi connectivity index (χ4v) is 5.55. The zero-order chi connectivity index (χ0) is 26.3. The first kappa shape index (κ1) is 27.7. The van der Waals surface area contributed by atoms with E-state index in [0.717, 1.165) is 31.9 Å². The summed E-state index contributed by atoms with van der Waals surface area (Å²) in [4.78, 5) is 53.4. The molecular formula is C25H30N2O7S2. The third-order valence-corrected chi connectivity index (χ3v) is 7.84. The topological polar surface area (TPSA) is 148 Å². The van der Waals surface area contributed by atoms with Crippen molar-refractivity contribution in [1.29, 1.82) is 0 Å². The molecule has 11 heteroatoms. The Balaban J connectivity index is 1.72. The SMILES string of the molecule is CS(=O)(=O)CCNC(=O)Cc1ccc(CC(=O)Cc2nc(CC(=O)O)cs2)c(C(=O)C2CCCC2)c1. The minimum atomic E-state index is -3.19. The number of Topliss-reactive ketones (excluding diaryl/α,β-unsaturated/α-hetero) is 2. The van der Waals surface area contributed by atoms with Crippen LogP contribution >= 0.6 is 11.3 Å². The molecule has 1 aromatic heterocycles. The van der Waals surface area contributed by atoms with Crippen LogP contribution in [0.4, 0.5) is 0 Å². The number of hydrogen-bond donors (Lipinski definition) is 2. The highest BCUT2D eigenvalue weighted by Crippen LogP contribution is 2.30. The number of benzene rings is 1. The van der Waals surface area contributed by atoms with Crippen LogP contribution in [0.15, 0.2) is 23.6 Å². The summed E-state index contributed by atoms with van der Waals surface area (Å²) < 4.78 is 22.5. The van der Waals surface area contributed by atoms with E-state index < -0.39 is 15.8 Å². The van der Waals surface area contributed by atoms with Gasteiger partial charge in [0.05, 0.1) is 30.7 Å². The maximum atomic E-state index is 13.3. The van der Waals surface area contributed by atoms with Gasteiger partial charge in [0.2, 0.25) is 5.91 Å². The van der Waals surface area contributed by atoms with Crippen molar-refractivity contribution in [1.82, 2.24) is 10.3 Å². The number of sulfone groups is 1. The van der Waals surface area contributed by atoms with E-state index in [0.29, 0.717) is 27.4 Å². The molecule has 3 rings (SSSR count). The molecule has 2 aromatic rings. The van der Waals surface area contributed by atoms with Crippen LogP contribution in [0.2, 0.25) is 0 Å². The average Bonchev–Trinajstić information content (AvgIpc) is 3.45. The van der Waals surface area contributed by atoms with Crippen LogP contribution in [0.3, 0.4) is 0 Å². The van der Waals surface area contributed by atoms with E-state index >= 15 is 0 Å². The summed E-state index contributed by atoms with van der Waals surface area (Å²) >= 11 is 1.23. The second-order valence-corrected chi connectivity index (χ2v) is 12.4. The molecular weight excluding hydrogens is 504 g/mol. The first-order valence-electron chi connectivity index (χ1n) is 11.8. The highest BCUT2D eigenvalue weighted by Gasteiger charge is 2.26. The largest absolute Gasteiger partial charge is 0.481 e. The Kier molecular flexibility index (Phi) is 9.49. The van der Waals surface area contributed by atoms with Crippen LogP contribution in [0.25, 0.3) is 0 Å². The van der Waals surface area contributed by atoms with Gasteiger partial charge in [0.1, 0.15) is 20.6 Å². The molecule has 1 aliphatic rings.